The van der Waals surface area contributed by atoms with Crippen LogP contribution in [0.1, 0.15) is 25.8 Å². The van der Waals surface area contributed by atoms with Crippen molar-refractivity contribution in [2.45, 2.75) is 31.2 Å². The van der Waals surface area contributed by atoms with Crippen LogP contribution >= 0.6 is 11.6 Å². The molecule has 0 aromatic heterocycles. The molecule has 0 radical (unpaired) electrons. The summed E-state index contributed by atoms with van der Waals surface area (Å²) in [6.07, 6.45) is 0.501. The van der Waals surface area contributed by atoms with Gasteiger partial charge < -0.3 is 5.11 Å². The first-order valence-electron chi connectivity index (χ1n) is 6.17. The number of benzene rings is 1. The smallest absolute Gasteiger partial charge is 0.322 e. The molecule has 1 rings (SSSR count). The van der Waals surface area contributed by atoms with E-state index in [0.29, 0.717) is 6.42 Å². The number of nitriles is 1. The molecule has 0 heterocycles. The predicted molar refractivity (Wildman–Crippen MR) is 77.4 cm³/mol. The highest BCUT2D eigenvalue weighted by Gasteiger charge is 2.30. The third-order valence-corrected chi connectivity index (χ3v) is 5.04. The number of aliphatic carboxylic acids is 1. The molecule has 1 aromatic rings. The van der Waals surface area contributed by atoms with Gasteiger partial charge in [-0.2, -0.15) is 9.98 Å². The normalized spacial score (nSPS) is 14.2. The lowest BCUT2D eigenvalue weighted by atomic mass is 10.0. The maximum absolute atomic E-state index is 12.2. The van der Waals surface area contributed by atoms with Crippen molar-refractivity contribution < 1.29 is 18.3 Å². The van der Waals surface area contributed by atoms with E-state index < -0.39 is 22.0 Å². The minimum absolute atomic E-state index is 0.130. The topological polar surface area (TPSA) is 107 Å². The summed E-state index contributed by atoms with van der Waals surface area (Å²) in [6.45, 7) is 3.41. The highest BCUT2D eigenvalue weighted by atomic mass is 35.5. The zero-order chi connectivity index (χ0) is 16.2. The van der Waals surface area contributed by atoms with E-state index >= 15 is 0 Å². The van der Waals surface area contributed by atoms with Crippen LogP contribution in [0.3, 0.4) is 0 Å². The highest BCUT2D eigenvalue weighted by Crippen LogP contribution is 2.23. The van der Waals surface area contributed by atoms with Crippen LogP contribution in [-0.4, -0.2) is 25.5 Å². The van der Waals surface area contributed by atoms with Crippen LogP contribution in [0.25, 0.3) is 0 Å². The Balaban J connectivity index is 3.17. The van der Waals surface area contributed by atoms with Crippen molar-refractivity contribution in [1.29, 1.82) is 5.26 Å². The Morgan fingerprint density at radius 3 is 2.57 bits per heavy atom. The van der Waals surface area contributed by atoms with Crippen LogP contribution in [-0.2, 0) is 14.8 Å². The summed E-state index contributed by atoms with van der Waals surface area (Å²) in [6, 6.07) is 4.30. The summed E-state index contributed by atoms with van der Waals surface area (Å²) in [5, 5.41) is 17.7. The average molecular weight is 331 g/mol. The second-order valence-electron chi connectivity index (χ2n) is 4.58. The zero-order valence-electron chi connectivity index (χ0n) is 11.5. The minimum Gasteiger partial charge on any atom is -0.480 e. The van der Waals surface area contributed by atoms with Gasteiger partial charge in [-0.05, 0) is 24.1 Å². The molecule has 114 valence electrons. The lowest BCUT2D eigenvalue weighted by Gasteiger charge is -2.20. The number of carboxylic acids is 1. The Kier molecular flexibility index (Phi) is 5.72. The quantitative estimate of drug-likeness (QED) is 0.829. The van der Waals surface area contributed by atoms with Crippen LogP contribution < -0.4 is 4.72 Å². The third-order valence-electron chi connectivity index (χ3n) is 3.11. The van der Waals surface area contributed by atoms with Crippen molar-refractivity contribution in [1.82, 2.24) is 4.72 Å². The number of halogens is 1. The second kappa shape index (κ2) is 6.89. The monoisotopic (exact) mass is 330 g/mol. The summed E-state index contributed by atoms with van der Waals surface area (Å²) in [7, 11) is -4.09. The van der Waals surface area contributed by atoms with Crippen LogP contribution in [0.2, 0.25) is 5.02 Å². The molecule has 0 amide bonds. The lowest BCUT2D eigenvalue weighted by molar-refractivity contribution is -0.140. The average Bonchev–Trinajstić information content (AvgIpc) is 2.43. The molecule has 0 aliphatic rings. The molecule has 1 aromatic carbocycles. The number of sulfonamides is 1. The number of carboxylic acid groups (broad SMARTS) is 1. The van der Waals surface area contributed by atoms with E-state index in [4.69, 9.17) is 22.0 Å². The SMILES string of the molecule is CCC(C)[C@H](NS(=O)(=O)c1ccc(C#N)cc1Cl)C(=O)O. The van der Waals surface area contributed by atoms with Crippen molar-refractivity contribution in [2.75, 3.05) is 0 Å². The van der Waals surface area contributed by atoms with Crippen molar-refractivity contribution in [3.05, 3.63) is 28.8 Å². The number of hydrogen-bond acceptors (Lipinski definition) is 4. The van der Waals surface area contributed by atoms with Gasteiger partial charge in [-0.3, -0.25) is 4.79 Å². The van der Waals surface area contributed by atoms with Gasteiger partial charge in [-0.15, -0.1) is 0 Å². The first-order chi connectivity index (χ1) is 9.72. The summed E-state index contributed by atoms with van der Waals surface area (Å²) >= 11 is 5.85. The van der Waals surface area contributed by atoms with Crippen molar-refractivity contribution in [3.63, 3.8) is 0 Å². The van der Waals surface area contributed by atoms with Crippen molar-refractivity contribution in [2.24, 2.45) is 5.92 Å². The molecule has 6 nitrogen and oxygen atoms in total. The molecule has 8 heteroatoms. The van der Waals surface area contributed by atoms with E-state index in [1.807, 2.05) is 6.07 Å². The third kappa shape index (κ3) is 4.17. The van der Waals surface area contributed by atoms with Crippen LogP contribution in [0.4, 0.5) is 0 Å². The van der Waals surface area contributed by atoms with Crippen LogP contribution in [0.5, 0.6) is 0 Å². The van der Waals surface area contributed by atoms with Gasteiger partial charge in [-0.1, -0.05) is 31.9 Å². The fourth-order valence-corrected chi connectivity index (χ4v) is 3.51. The van der Waals surface area contributed by atoms with Gasteiger partial charge in [0.2, 0.25) is 10.0 Å². The molecule has 0 aliphatic carbocycles. The van der Waals surface area contributed by atoms with E-state index in [2.05, 4.69) is 4.72 Å². The van der Waals surface area contributed by atoms with Gasteiger partial charge in [0.1, 0.15) is 10.9 Å². The summed E-state index contributed by atoms with van der Waals surface area (Å²) in [5.41, 5.74) is 0.218. The van der Waals surface area contributed by atoms with Gasteiger partial charge in [0.05, 0.1) is 16.7 Å². The molecule has 2 N–H and O–H groups in total. The Hall–Kier alpha value is -1.62. The van der Waals surface area contributed by atoms with Crippen LogP contribution in [0.15, 0.2) is 23.1 Å². The summed E-state index contributed by atoms with van der Waals surface area (Å²) in [4.78, 5) is 10.9. The van der Waals surface area contributed by atoms with Gasteiger partial charge in [-0.25, -0.2) is 8.42 Å². The molecule has 0 aliphatic heterocycles. The van der Waals surface area contributed by atoms with E-state index in [9.17, 15) is 13.2 Å². The van der Waals surface area contributed by atoms with E-state index in [1.165, 1.54) is 18.2 Å². The Morgan fingerprint density at radius 2 is 2.14 bits per heavy atom. The number of rotatable bonds is 6. The van der Waals surface area contributed by atoms with Gasteiger partial charge in [0.25, 0.3) is 0 Å². The summed E-state index contributed by atoms with van der Waals surface area (Å²) in [5.74, 6) is -1.63. The molecule has 2 atom stereocenters. The molecule has 1 unspecified atom stereocenters. The largest absolute Gasteiger partial charge is 0.480 e. The molecule has 0 spiro atoms. The highest BCUT2D eigenvalue weighted by molar-refractivity contribution is 7.89. The molecule has 0 saturated carbocycles. The molecular formula is C13H15ClN2O4S. The summed E-state index contributed by atoms with van der Waals surface area (Å²) < 4.78 is 26.6. The standard InChI is InChI=1S/C13H15ClN2O4S/c1-3-8(2)12(13(17)18)16-21(19,20)11-5-4-9(7-15)6-10(11)14/h4-6,8,12,16H,3H2,1-2H3,(H,17,18)/t8?,12-/m0/s1. The maximum Gasteiger partial charge on any atom is 0.322 e. The maximum atomic E-state index is 12.2. The predicted octanol–water partition coefficient (Wildman–Crippen LogP) is 1.99. The number of nitrogens with zero attached hydrogens (tertiary/aromatic N) is 1. The van der Waals surface area contributed by atoms with Crippen LogP contribution in [0, 0.1) is 17.2 Å². The lowest BCUT2D eigenvalue weighted by Crippen LogP contribution is -2.44. The molecular weight excluding hydrogens is 316 g/mol. The zero-order valence-corrected chi connectivity index (χ0v) is 13.1. The van der Waals surface area contributed by atoms with Gasteiger partial charge in [0.15, 0.2) is 0 Å². The molecule has 0 saturated heterocycles. The number of carbonyl (C=O) groups is 1. The number of hydrogen-bond donors (Lipinski definition) is 2. The second-order valence-corrected chi connectivity index (χ2v) is 6.67. The first kappa shape index (κ1) is 17.4. The van der Waals surface area contributed by atoms with E-state index in [0.717, 1.165) is 0 Å². The molecule has 21 heavy (non-hydrogen) atoms. The van der Waals surface area contributed by atoms with Crippen molar-refractivity contribution in [3.8, 4) is 6.07 Å². The van der Waals surface area contributed by atoms with Gasteiger partial charge in [0, 0.05) is 0 Å². The van der Waals surface area contributed by atoms with E-state index in [1.54, 1.807) is 13.8 Å². The first-order valence-corrected chi connectivity index (χ1v) is 8.03. The Labute approximate surface area is 128 Å². The van der Waals surface area contributed by atoms with Crippen molar-refractivity contribution >= 4 is 27.6 Å². The Bertz CT molecular complexity index is 682. The fourth-order valence-electron chi connectivity index (χ4n) is 1.66. The minimum atomic E-state index is -4.09. The molecule has 0 fully saturated rings. The Morgan fingerprint density at radius 1 is 1.52 bits per heavy atom. The fraction of sp³-hybridized carbons (Fsp3) is 0.385. The molecule has 0 bridgehead atoms. The van der Waals surface area contributed by atoms with E-state index in [-0.39, 0.29) is 21.4 Å². The van der Waals surface area contributed by atoms with Gasteiger partial charge >= 0.3 is 5.97 Å². The number of nitrogens with one attached hydrogen (secondary N) is 1.